The number of hydrogen-bond donors (Lipinski definition) is 0. The Balaban J connectivity index is 1.47. The predicted molar refractivity (Wildman–Crippen MR) is 129 cm³/mol. The van der Waals surface area contributed by atoms with Crippen LogP contribution in [-0.2, 0) is 16.3 Å². The van der Waals surface area contributed by atoms with Gasteiger partial charge in [0.1, 0.15) is 11.6 Å². The molecule has 33 heavy (non-hydrogen) atoms. The van der Waals surface area contributed by atoms with E-state index in [1.807, 2.05) is 39.1 Å². The second-order valence-corrected chi connectivity index (χ2v) is 11.9. The first kappa shape index (κ1) is 23.8. The Bertz CT molecular complexity index is 1250. The number of piperidine rings is 1. The van der Waals surface area contributed by atoms with Crippen molar-refractivity contribution < 1.29 is 17.2 Å². The van der Waals surface area contributed by atoms with Gasteiger partial charge in [-0.2, -0.15) is 0 Å². The zero-order valence-corrected chi connectivity index (χ0v) is 20.9. The molecule has 0 saturated carbocycles. The number of sulfone groups is 1. The number of benzene rings is 2. The molecule has 0 unspecified atom stereocenters. The zero-order valence-electron chi connectivity index (χ0n) is 19.3. The fourth-order valence-corrected chi connectivity index (χ4v) is 7.80. The number of rotatable bonds is 5. The number of aromatic nitrogens is 1. The number of anilines is 1. The minimum atomic E-state index is -3.43. The molecule has 176 valence electrons. The molecule has 3 aromatic rings. The van der Waals surface area contributed by atoms with Crippen LogP contribution < -0.4 is 4.90 Å². The van der Waals surface area contributed by atoms with Crippen molar-refractivity contribution in [1.82, 2.24) is 4.98 Å². The first-order valence-corrected chi connectivity index (χ1v) is 13.4. The number of thiazole rings is 1. The second-order valence-electron chi connectivity index (χ2n) is 8.90. The molecule has 0 atom stereocenters. The Morgan fingerprint density at radius 2 is 1.55 bits per heavy atom. The van der Waals surface area contributed by atoms with Crippen molar-refractivity contribution in [3.8, 4) is 0 Å². The summed E-state index contributed by atoms with van der Waals surface area (Å²) in [5.74, 6) is -1.20. The van der Waals surface area contributed by atoms with Crippen molar-refractivity contribution in [1.29, 1.82) is 0 Å². The Morgan fingerprint density at radius 3 is 2.12 bits per heavy atom. The van der Waals surface area contributed by atoms with E-state index in [2.05, 4.69) is 9.88 Å². The van der Waals surface area contributed by atoms with Crippen LogP contribution in [0, 0.1) is 39.3 Å². The molecule has 0 radical (unpaired) electrons. The van der Waals surface area contributed by atoms with Gasteiger partial charge in [0.05, 0.1) is 15.8 Å². The van der Waals surface area contributed by atoms with Gasteiger partial charge in [0, 0.05) is 31.0 Å². The summed E-state index contributed by atoms with van der Waals surface area (Å²) < 4.78 is 54.0. The van der Waals surface area contributed by atoms with Crippen LogP contribution in [0.1, 0.15) is 46.4 Å². The number of nitrogens with zero attached hydrogens (tertiary/aromatic N) is 2. The lowest BCUT2D eigenvalue weighted by Crippen LogP contribution is -2.39. The van der Waals surface area contributed by atoms with Crippen LogP contribution in [0.5, 0.6) is 0 Å². The summed E-state index contributed by atoms with van der Waals surface area (Å²) in [5, 5.41) is 2.29. The molecular weight excluding hydrogens is 462 g/mol. The molecular formula is C25H28F2N2O2S2. The van der Waals surface area contributed by atoms with E-state index < -0.39 is 26.7 Å². The molecule has 8 heteroatoms. The smallest absolute Gasteiger partial charge is 0.185 e. The van der Waals surface area contributed by atoms with Gasteiger partial charge in [-0.1, -0.05) is 6.07 Å². The number of aryl methyl sites for hydroxylation is 2. The maximum atomic E-state index is 13.5. The summed E-state index contributed by atoms with van der Waals surface area (Å²) >= 11 is 1.48. The van der Waals surface area contributed by atoms with Crippen LogP contribution in [0.4, 0.5) is 13.9 Å². The molecule has 0 N–H and O–H groups in total. The van der Waals surface area contributed by atoms with Gasteiger partial charge in [0.25, 0.3) is 0 Å². The van der Waals surface area contributed by atoms with Crippen molar-refractivity contribution in [2.24, 2.45) is 0 Å². The average Bonchev–Trinajstić information content (AvgIpc) is 3.20. The van der Waals surface area contributed by atoms with Crippen LogP contribution >= 0.6 is 11.3 Å². The van der Waals surface area contributed by atoms with Crippen molar-refractivity contribution >= 4 is 26.3 Å². The first-order chi connectivity index (χ1) is 15.6. The summed E-state index contributed by atoms with van der Waals surface area (Å²) in [7, 11) is -3.43. The first-order valence-electron chi connectivity index (χ1n) is 11.0. The van der Waals surface area contributed by atoms with Crippen molar-refractivity contribution in [3.63, 3.8) is 0 Å². The van der Waals surface area contributed by atoms with Gasteiger partial charge in [0.2, 0.25) is 0 Å². The molecule has 4 rings (SSSR count). The van der Waals surface area contributed by atoms with Crippen LogP contribution in [0.3, 0.4) is 0 Å². The van der Waals surface area contributed by atoms with Gasteiger partial charge < -0.3 is 4.90 Å². The molecule has 0 amide bonds. The summed E-state index contributed by atoms with van der Waals surface area (Å²) in [6.07, 6.45) is 1.43. The lowest BCUT2D eigenvalue weighted by molar-refractivity contribution is 0.528. The minimum Gasteiger partial charge on any atom is -0.348 e. The Labute approximate surface area is 198 Å². The number of hydrogen-bond acceptors (Lipinski definition) is 5. The Hall–Kier alpha value is -2.32. The molecule has 4 nitrogen and oxygen atoms in total. The lowest BCUT2D eigenvalue weighted by atomic mass is 10.0. The van der Waals surface area contributed by atoms with Gasteiger partial charge in [-0.3, -0.25) is 0 Å². The monoisotopic (exact) mass is 490 g/mol. The molecule has 2 aromatic carbocycles. The van der Waals surface area contributed by atoms with Crippen LogP contribution in [-0.4, -0.2) is 31.7 Å². The van der Waals surface area contributed by atoms with Crippen LogP contribution in [0.2, 0.25) is 0 Å². The Kier molecular flexibility index (Phi) is 6.60. The summed E-state index contributed by atoms with van der Waals surface area (Å²) in [6.45, 7) is 8.92. The van der Waals surface area contributed by atoms with E-state index in [-0.39, 0.29) is 0 Å². The quantitative estimate of drug-likeness (QED) is 0.461. The van der Waals surface area contributed by atoms with Crippen molar-refractivity contribution in [2.45, 2.75) is 57.1 Å². The fraction of sp³-hybridized carbons (Fsp3) is 0.400. The SMILES string of the molecule is Cc1cc(C)c(C)c(S(=O)(=O)C2CCN(c3nc(Cc4cc(F)cc(F)c4)cs3)CC2)c1C. The molecule has 0 aliphatic carbocycles. The topological polar surface area (TPSA) is 50.3 Å². The van der Waals surface area contributed by atoms with E-state index in [9.17, 15) is 17.2 Å². The highest BCUT2D eigenvalue weighted by atomic mass is 32.2. The second kappa shape index (κ2) is 9.14. The van der Waals surface area contributed by atoms with Gasteiger partial charge >= 0.3 is 0 Å². The van der Waals surface area contributed by atoms with Crippen molar-refractivity contribution in [2.75, 3.05) is 18.0 Å². The minimum absolute atomic E-state index is 0.348. The highest BCUT2D eigenvalue weighted by Gasteiger charge is 2.34. The third kappa shape index (κ3) is 4.82. The van der Waals surface area contributed by atoms with Crippen LogP contribution in [0.25, 0.3) is 0 Å². The maximum Gasteiger partial charge on any atom is 0.185 e. The fourth-order valence-electron chi connectivity index (χ4n) is 4.58. The highest BCUT2D eigenvalue weighted by Crippen LogP contribution is 2.34. The third-order valence-corrected chi connectivity index (χ3v) is 10.1. The van der Waals surface area contributed by atoms with Gasteiger partial charge in [0.15, 0.2) is 15.0 Å². The number of halogens is 2. The van der Waals surface area contributed by atoms with Gasteiger partial charge in [-0.25, -0.2) is 22.2 Å². The maximum absolute atomic E-state index is 13.5. The van der Waals surface area contributed by atoms with E-state index in [0.29, 0.717) is 42.8 Å². The van der Waals surface area contributed by atoms with Gasteiger partial charge in [-0.05, 0) is 80.5 Å². The molecule has 1 saturated heterocycles. The predicted octanol–water partition coefficient (Wildman–Crippen LogP) is 5.69. The molecule has 2 heterocycles. The molecule has 0 spiro atoms. The summed E-state index contributed by atoms with van der Waals surface area (Å²) in [6, 6.07) is 5.53. The molecule has 0 bridgehead atoms. The molecule has 1 aromatic heterocycles. The van der Waals surface area contributed by atoms with Crippen molar-refractivity contribution in [3.05, 3.63) is 74.8 Å². The molecule has 1 aliphatic rings. The van der Waals surface area contributed by atoms with E-state index in [4.69, 9.17) is 0 Å². The largest absolute Gasteiger partial charge is 0.348 e. The third-order valence-electron chi connectivity index (χ3n) is 6.58. The standard InChI is InChI=1S/C25H28F2N2O2S2/c1-15-9-16(2)18(4)24(17(15)3)33(30,31)23-5-7-29(8-6-23)25-28-22(14-32-25)12-19-10-20(26)13-21(27)11-19/h9-11,13-14,23H,5-8,12H2,1-4H3. The molecule has 1 aliphatic heterocycles. The normalized spacial score (nSPS) is 15.3. The summed E-state index contributed by atoms with van der Waals surface area (Å²) in [5.41, 5.74) is 4.98. The Morgan fingerprint density at radius 1 is 0.970 bits per heavy atom. The average molecular weight is 491 g/mol. The van der Waals surface area contributed by atoms with E-state index in [1.54, 1.807) is 0 Å². The lowest BCUT2D eigenvalue weighted by Gasteiger charge is -2.32. The zero-order chi connectivity index (χ0) is 23.9. The van der Waals surface area contributed by atoms with Crippen LogP contribution in [0.15, 0.2) is 34.5 Å². The van der Waals surface area contributed by atoms with Gasteiger partial charge in [-0.15, -0.1) is 11.3 Å². The van der Waals surface area contributed by atoms with E-state index in [1.165, 1.54) is 23.5 Å². The highest BCUT2D eigenvalue weighted by molar-refractivity contribution is 7.92. The summed E-state index contributed by atoms with van der Waals surface area (Å²) in [4.78, 5) is 7.24. The van der Waals surface area contributed by atoms with E-state index >= 15 is 0 Å². The van der Waals surface area contributed by atoms with E-state index in [0.717, 1.165) is 39.1 Å². The molecule has 1 fully saturated rings.